The van der Waals surface area contributed by atoms with E-state index in [1.807, 2.05) is 24.3 Å². The van der Waals surface area contributed by atoms with Crippen LogP contribution in [0.2, 0.25) is 0 Å². The molecular formula is C22H16N6O. The van der Waals surface area contributed by atoms with Crippen LogP contribution in [-0.2, 0) is 6.54 Å². The molecule has 0 amide bonds. The van der Waals surface area contributed by atoms with Crippen LogP contribution in [0, 0.1) is 11.3 Å². The lowest BCUT2D eigenvalue weighted by Crippen LogP contribution is -2.17. The zero-order valence-corrected chi connectivity index (χ0v) is 15.4. The molecule has 0 fully saturated rings. The molecule has 4 rings (SSSR count). The molecular weight excluding hydrogens is 364 g/mol. The number of anilines is 1. The number of hydrogen-bond acceptors (Lipinski definition) is 6. The number of pyridine rings is 1. The largest absolute Gasteiger partial charge is 0.350 e. The topological polar surface area (TPSA) is 96.5 Å². The lowest BCUT2D eigenvalue weighted by atomic mass is 10.1. The molecule has 2 aromatic heterocycles. The van der Waals surface area contributed by atoms with Crippen molar-refractivity contribution in [3.63, 3.8) is 0 Å². The second-order valence-corrected chi connectivity index (χ2v) is 6.20. The number of rotatable bonds is 5. The second-order valence-electron chi connectivity index (χ2n) is 6.20. The Hall–Kier alpha value is -4.31. The summed E-state index contributed by atoms with van der Waals surface area (Å²) in [6.45, 7) is 0.334. The fourth-order valence-electron chi connectivity index (χ4n) is 2.85. The van der Waals surface area contributed by atoms with E-state index < -0.39 is 0 Å². The molecule has 0 aliphatic heterocycles. The van der Waals surface area contributed by atoms with Gasteiger partial charge in [-0.15, -0.1) is 5.10 Å². The first-order chi connectivity index (χ1) is 14.3. The van der Waals surface area contributed by atoms with Gasteiger partial charge in [0.05, 0.1) is 11.6 Å². The fourth-order valence-corrected chi connectivity index (χ4v) is 2.85. The number of hydrogen-bond donors (Lipinski definition) is 1. The van der Waals surface area contributed by atoms with E-state index in [1.165, 1.54) is 4.68 Å². The summed E-state index contributed by atoms with van der Waals surface area (Å²) in [6, 6.07) is 21.9. The van der Waals surface area contributed by atoms with Gasteiger partial charge in [-0.1, -0.05) is 36.4 Å². The Bertz CT molecular complexity index is 1180. The number of nitrogens with one attached hydrogen (secondary N) is 1. The molecule has 140 valence electrons. The maximum absolute atomic E-state index is 13.0. The molecule has 29 heavy (non-hydrogen) atoms. The number of carbonyl (C=O) groups excluding carboxylic acids is 1. The summed E-state index contributed by atoms with van der Waals surface area (Å²) in [4.78, 5) is 21.5. The highest BCUT2D eigenvalue weighted by atomic mass is 16.2. The highest BCUT2D eigenvalue weighted by molar-refractivity contribution is 5.97. The Morgan fingerprint density at radius 3 is 2.48 bits per heavy atom. The number of aromatic nitrogens is 4. The molecule has 0 atom stereocenters. The van der Waals surface area contributed by atoms with Crippen LogP contribution in [0.3, 0.4) is 0 Å². The van der Waals surface area contributed by atoms with E-state index >= 15 is 0 Å². The predicted molar refractivity (Wildman–Crippen MR) is 108 cm³/mol. The van der Waals surface area contributed by atoms with Gasteiger partial charge >= 0.3 is 0 Å². The highest BCUT2D eigenvalue weighted by Crippen LogP contribution is 2.19. The van der Waals surface area contributed by atoms with E-state index in [0.29, 0.717) is 29.4 Å². The summed E-state index contributed by atoms with van der Waals surface area (Å²) >= 11 is 0. The van der Waals surface area contributed by atoms with Crippen LogP contribution in [0.1, 0.15) is 21.5 Å². The minimum absolute atomic E-state index is 0.297. The van der Waals surface area contributed by atoms with Gasteiger partial charge in [-0.25, -0.2) is 0 Å². The lowest BCUT2D eigenvalue weighted by molar-refractivity contribution is 0.0947. The highest BCUT2D eigenvalue weighted by Gasteiger charge is 2.18. The monoisotopic (exact) mass is 380 g/mol. The van der Waals surface area contributed by atoms with Crippen molar-refractivity contribution in [1.82, 2.24) is 19.7 Å². The summed E-state index contributed by atoms with van der Waals surface area (Å²) in [5, 5.41) is 16.8. The molecule has 4 aromatic rings. The van der Waals surface area contributed by atoms with Gasteiger partial charge in [-0.3, -0.25) is 9.78 Å². The van der Waals surface area contributed by atoms with Crippen molar-refractivity contribution in [2.45, 2.75) is 6.54 Å². The predicted octanol–water partition coefficient (Wildman–Crippen LogP) is 3.51. The zero-order valence-electron chi connectivity index (χ0n) is 15.4. The lowest BCUT2D eigenvalue weighted by Gasteiger charge is -2.08. The van der Waals surface area contributed by atoms with Crippen molar-refractivity contribution in [3.8, 4) is 17.5 Å². The molecule has 0 aliphatic rings. The molecule has 0 radical (unpaired) electrons. The molecule has 0 unspecified atom stereocenters. The molecule has 1 N–H and O–H groups in total. The van der Waals surface area contributed by atoms with E-state index in [0.717, 1.165) is 11.1 Å². The quantitative estimate of drug-likeness (QED) is 0.569. The smallest absolute Gasteiger partial charge is 0.281 e. The van der Waals surface area contributed by atoms with Gasteiger partial charge in [-0.05, 0) is 35.9 Å². The van der Waals surface area contributed by atoms with Crippen molar-refractivity contribution in [2.24, 2.45) is 0 Å². The Morgan fingerprint density at radius 2 is 1.72 bits per heavy atom. The molecule has 7 nitrogen and oxygen atoms in total. The average Bonchev–Trinajstić information content (AvgIpc) is 3.23. The number of nitrogens with zero attached hydrogens (tertiary/aromatic N) is 5. The van der Waals surface area contributed by atoms with Gasteiger partial charge in [0, 0.05) is 30.1 Å². The van der Waals surface area contributed by atoms with E-state index in [-0.39, 0.29) is 5.91 Å². The summed E-state index contributed by atoms with van der Waals surface area (Å²) in [7, 11) is 0. The third-order valence-corrected chi connectivity index (χ3v) is 4.33. The molecule has 7 heteroatoms. The average molecular weight is 380 g/mol. The molecule has 0 spiro atoms. The maximum Gasteiger partial charge on any atom is 0.281 e. The van der Waals surface area contributed by atoms with E-state index in [2.05, 4.69) is 26.5 Å². The van der Waals surface area contributed by atoms with E-state index in [4.69, 9.17) is 0 Å². The molecule has 0 bridgehead atoms. The van der Waals surface area contributed by atoms with Crippen molar-refractivity contribution in [2.75, 3.05) is 5.32 Å². The minimum atomic E-state index is -0.297. The van der Waals surface area contributed by atoms with Crippen LogP contribution >= 0.6 is 0 Å². The van der Waals surface area contributed by atoms with Crippen LogP contribution in [0.15, 0.2) is 79.1 Å². The van der Waals surface area contributed by atoms with E-state index in [9.17, 15) is 10.1 Å². The zero-order chi connectivity index (χ0) is 20.1. The summed E-state index contributed by atoms with van der Waals surface area (Å²) in [6.07, 6.45) is 3.29. The molecule has 0 saturated carbocycles. The van der Waals surface area contributed by atoms with Crippen molar-refractivity contribution >= 4 is 11.9 Å². The van der Waals surface area contributed by atoms with Crippen molar-refractivity contribution < 1.29 is 4.79 Å². The summed E-state index contributed by atoms with van der Waals surface area (Å²) in [5.74, 6) is 0.417. The van der Waals surface area contributed by atoms with Crippen LogP contribution in [-0.4, -0.2) is 25.7 Å². The first-order valence-corrected chi connectivity index (χ1v) is 8.95. The van der Waals surface area contributed by atoms with Crippen LogP contribution in [0.25, 0.3) is 11.4 Å². The fraction of sp³-hybridized carbons (Fsp3) is 0.0455. The maximum atomic E-state index is 13.0. The van der Waals surface area contributed by atoms with Crippen LogP contribution < -0.4 is 5.32 Å². The van der Waals surface area contributed by atoms with Gasteiger partial charge in [0.25, 0.3) is 5.91 Å². The Balaban J connectivity index is 1.70. The summed E-state index contributed by atoms with van der Waals surface area (Å²) in [5.41, 5.74) is 2.62. The van der Waals surface area contributed by atoms with Crippen LogP contribution in [0.4, 0.5) is 5.95 Å². The van der Waals surface area contributed by atoms with Gasteiger partial charge < -0.3 is 5.32 Å². The number of nitriles is 1. The third kappa shape index (κ3) is 3.87. The first kappa shape index (κ1) is 18.1. The molecule has 2 aromatic carbocycles. The van der Waals surface area contributed by atoms with Gasteiger partial charge in [0.1, 0.15) is 0 Å². The first-order valence-electron chi connectivity index (χ1n) is 8.95. The summed E-state index contributed by atoms with van der Waals surface area (Å²) < 4.78 is 1.25. The van der Waals surface area contributed by atoms with Crippen LogP contribution in [0.5, 0.6) is 0 Å². The molecule has 0 saturated heterocycles. The van der Waals surface area contributed by atoms with Crippen molar-refractivity contribution in [1.29, 1.82) is 5.26 Å². The Labute approximate surface area is 167 Å². The standard InChI is InChI=1S/C22H16N6O/c23-14-18-8-4-5-9-19(18)15-25-22-26-20(16-10-12-24-13-11-16)27-28(22)21(29)17-6-2-1-3-7-17/h1-13H,15H2,(H,25,26,27). The normalized spacial score (nSPS) is 10.3. The number of benzene rings is 2. The van der Waals surface area contributed by atoms with Gasteiger partial charge in [0.15, 0.2) is 5.82 Å². The second kappa shape index (κ2) is 8.15. The number of carbonyl (C=O) groups is 1. The molecule has 0 aliphatic carbocycles. The third-order valence-electron chi connectivity index (χ3n) is 4.33. The minimum Gasteiger partial charge on any atom is -0.350 e. The SMILES string of the molecule is N#Cc1ccccc1CNc1nc(-c2ccncc2)nn1C(=O)c1ccccc1. The van der Waals surface area contributed by atoms with Gasteiger partial charge in [0.2, 0.25) is 5.95 Å². The molecule has 2 heterocycles. The van der Waals surface area contributed by atoms with Crippen molar-refractivity contribution in [3.05, 3.63) is 95.8 Å². The van der Waals surface area contributed by atoms with Gasteiger partial charge in [-0.2, -0.15) is 14.9 Å². The Kier molecular flexibility index (Phi) is 5.08. The van der Waals surface area contributed by atoms with E-state index in [1.54, 1.807) is 54.9 Å². The Morgan fingerprint density at radius 1 is 1.00 bits per heavy atom.